The van der Waals surface area contributed by atoms with E-state index in [1.807, 2.05) is 0 Å². The SMILES string of the molecule is Cc1cc(N(CCO)C(C)C)ccc1CNCC(C)C. The lowest BCUT2D eigenvalue weighted by Gasteiger charge is -2.29. The molecule has 0 aromatic heterocycles. The fourth-order valence-corrected chi connectivity index (χ4v) is 2.35. The normalized spacial score (nSPS) is 11.4. The second-order valence-electron chi connectivity index (χ2n) is 6.15. The van der Waals surface area contributed by atoms with Crippen LogP contribution in [0.25, 0.3) is 0 Å². The number of anilines is 1. The molecule has 0 unspecified atom stereocenters. The molecule has 0 atom stereocenters. The minimum Gasteiger partial charge on any atom is -0.395 e. The van der Waals surface area contributed by atoms with Crippen molar-refractivity contribution in [3.63, 3.8) is 0 Å². The highest BCUT2D eigenvalue weighted by molar-refractivity contribution is 5.51. The van der Waals surface area contributed by atoms with Crippen LogP contribution in [0.2, 0.25) is 0 Å². The zero-order valence-corrected chi connectivity index (χ0v) is 13.6. The number of rotatable bonds is 8. The van der Waals surface area contributed by atoms with Crippen molar-refractivity contribution in [2.75, 3.05) is 24.6 Å². The Balaban J connectivity index is 2.75. The highest BCUT2D eigenvalue weighted by atomic mass is 16.3. The number of nitrogens with zero attached hydrogens (tertiary/aromatic N) is 1. The van der Waals surface area contributed by atoms with Crippen molar-refractivity contribution in [3.05, 3.63) is 29.3 Å². The topological polar surface area (TPSA) is 35.5 Å². The minimum absolute atomic E-state index is 0.189. The average molecular weight is 278 g/mol. The molecule has 0 bridgehead atoms. The summed E-state index contributed by atoms with van der Waals surface area (Å²) < 4.78 is 0. The van der Waals surface area contributed by atoms with E-state index in [4.69, 9.17) is 0 Å². The van der Waals surface area contributed by atoms with E-state index in [0.29, 0.717) is 18.5 Å². The summed E-state index contributed by atoms with van der Waals surface area (Å²) in [5.41, 5.74) is 3.85. The lowest BCUT2D eigenvalue weighted by Crippen LogP contribution is -2.33. The number of benzene rings is 1. The third kappa shape index (κ3) is 5.14. The van der Waals surface area contributed by atoms with E-state index in [2.05, 4.69) is 63.0 Å². The first-order chi connectivity index (χ1) is 9.45. The van der Waals surface area contributed by atoms with Gasteiger partial charge in [-0.2, -0.15) is 0 Å². The van der Waals surface area contributed by atoms with E-state index >= 15 is 0 Å². The summed E-state index contributed by atoms with van der Waals surface area (Å²) in [5.74, 6) is 0.676. The van der Waals surface area contributed by atoms with Crippen molar-refractivity contribution in [2.45, 2.75) is 47.2 Å². The molecular weight excluding hydrogens is 248 g/mol. The van der Waals surface area contributed by atoms with Crippen LogP contribution in [0.4, 0.5) is 5.69 Å². The van der Waals surface area contributed by atoms with Gasteiger partial charge in [0, 0.05) is 24.8 Å². The number of aliphatic hydroxyl groups is 1. The second-order valence-corrected chi connectivity index (χ2v) is 6.15. The molecule has 0 aliphatic carbocycles. The predicted octanol–water partition coefficient (Wildman–Crippen LogP) is 2.95. The molecule has 2 N–H and O–H groups in total. The molecule has 0 saturated carbocycles. The Labute approximate surface area is 124 Å². The highest BCUT2D eigenvalue weighted by Crippen LogP contribution is 2.21. The van der Waals surface area contributed by atoms with Crippen molar-refractivity contribution >= 4 is 5.69 Å². The summed E-state index contributed by atoms with van der Waals surface area (Å²) in [7, 11) is 0. The van der Waals surface area contributed by atoms with Gasteiger partial charge in [-0.1, -0.05) is 19.9 Å². The highest BCUT2D eigenvalue weighted by Gasteiger charge is 2.11. The molecule has 20 heavy (non-hydrogen) atoms. The van der Waals surface area contributed by atoms with Gasteiger partial charge in [0.15, 0.2) is 0 Å². The fraction of sp³-hybridized carbons (Fsp3) is 0.647. The molecular formula is C17H30N2O. The van der Waals surface area contributed by atoms with Crippen LogP contribution in [-0.2, 0) is 6.54 Å². The Bertz CT molecular complexity index is 402. The van der Waals surface area contributed by atoms with Crippen LogP contribution in [0.15, 0.2) is 18.2 Å². The number of aryl methyl sites for hydroxylation is 1. The molecule has 3 nitrogen and oxygen atoms in total. The van der Waals surface area contributed by atoms with Gasteiger partial charge in [-0.3, -0.25) is 0 Å². The van der Waals surface area contributed by atoms with E-state index in [1.54, 1.807) is 0 Å². The van der Waals surface area contributed by atoms with Gasteiger partial charge in [-0.05, 0) is 56.5 Å². The molecule has 0 heterocycles. The summed E-state index contributed by atoms with van der Waals surface area (Å²) in [6.07, 6.45) is 0. The van der Waals surface area contributed by atoms with Gasteiger partial charge < -0.3 is 15.3 Å². The first-order valence-electron chi connectivity index (χ1n) is 7.63. The lowest BCUT2D eigenvalue weighted by molar-refractivity contribution is 0.299. The van der Waals surface area contributed by atoms with Crippen LogP contribution >= 0.6 is 0 Å². The van der Waals surface area contributed by atoms with Gasteiger partial charge in [0.1, 0.15) is 0 Å². The summed E-state index contributed by atoms with van der Waals surface area (Å²) in [6.45, 7) is 13.8. The van der Waals surface area contributed by atoms with E-state index in [1.165, 1.54) is 16.8 Å². The van der Waals surface area contributed by atoms with Crippen molar-refractivity contribution in [1.29, 1.82) is 0 Å². The van der Waals surface area contributed by atoms with E-state index in [0.717, 1.165) is 13.1 Å². The number of hydrogen-bond acceptors (Lipinski definition) is 3. The molecule has 0 saturated heterocycles. The van der Waals surface area contributed by atoms with Gasteiger partial charge in [-0.25, -0.2) is 0 Å². The summed E-state index contributed by atoms with van der Waals surface area (Å²) in [4.78, 5) is 2.23. The molecule has 0 fully saturated rings. The first kappa shape index (κ1) is 17.0. The monoisotopic (exact) mass is 278 g/mol. The van der Waals surface area contributed by atoms with E-state index < -0.39 is 0 Å². The van der Waals surface area contributed by atoms with E-state index in [9.17, 15) is 5.11 Å². The fourth-order valence-electron chi connectivity index (χ4n) is 2.35. The maximum atomic E-state index is 9.19. The first-order valence-corrected chi connectivity index (χ1v) is 7.63. The molecule has 1 aromatic rings. The Hall–Kier alpha value is -1.06. The molecule has 0 radical (unpaired) electrons. The lowest BCUT2D eigenvalue weighted by atomic mass is 10.1. The summed E-state index contributed by atoms with van der Waals surface area (Å²) in [5, 5.41) is 12.7. The zero-order chi connectivity index (χ0) is 15.1. The Morgan fingerprint density at radius 1 is 1.20 bits per heavy atom. The molecule has 1 rings (SSSR count). The van der Waals surface area contributed by atoms with Gasteiger partial charge >= 0.3 is 0 Å². The standard InChI is InChI=1S/C17H30N2O/c1-13(2)11-18-12-16-6-7-17(10-15(16)5)19(8-9-20)14(3)4/h6-7,10,13-14,18,20H,8-9,11-12H2,1-5H3. The van der Waals surface area contributed by atoms with Crippen LogP contribution in [0, 0.1) is 12.8 Å². The van der Waals surface area contributed by atoms with Crippen LogP contribution in [0.1, 0.15) is 38.8 Å². The molecule has 3 heteroatoms. The molecule has 0 aliphatic heterocycles. The average Bonchev–Trinajstić information content (AvgIpc) is 2.37. The number of hydrogen-bond donors (Lipinski definition) is 2. The van der Waals surface area contributed by atoms with Crippen LogP contribution in [-0.4, -0.2) is 30.8 Å². The van der Waals surface area contributed by atoms with Gasteiger partial charge in [-0.15, -0.1) is 0 Å². The van der Waals surface area contributed by atoms with Crippen LogP contribution in [0.3, 0.4) is 0 Å². The quantitative estimate of drug-likeness (QED) is 0.767. The minimum atomic E-state index is 0.189. The third-order valence-corrected chi connectivity index (χ3v) is 3.49. The Morgan fingerprint density at radius 2 is 1.90 bits per heavy atom. The van der Waals surface area contributed by atoms with Crippen molar-refractivity contribution in [1.82, 2.24) is 5.32 Å². The third-order valence-electron chi connectivity index (χ3n) is 3.49. The second kappa shape index (κ2) is 8.28. The van der Waals surface area contributed by atoms with Gasteiger partial charge in [0.05, 0.1) is 6.61 Å². The summed E-state index contributed by atoms with van der Waals surface area (Å²) >= 11 is 0. The Morgan fingerprint density at radius 3 is 2.40 bits per heavy atom. The summed E-state index contributed by atoms with van der Waals surface area (Å²) in [6, 6.07) is 6.98. The largest absolute Gasteiger partial charge is 0.395 e. The van der Waals surface area contributed by atoms with Crippen molar-refractivity contribution < 1.29 is 5.11 Å². The maximum absolute atomic E-state index is 9.19. The predicted molar refractivity (Wildman–Crippen MR) is 87.3 cm³/mol. The van der Waals surface area contributed by atoms with Gasteiger partial charge in [0.25, 0.3) is 0 Å². The molecule has 0 spiro atoms. The Kier molecular flexibility index (Phi) is 7.03. The van der Waals surface area contributed by atoms with Crippen LogP contribution in [0.5, 0.6) is 0 Å². The van der Waals surface area contributed by atoms with Gasteiger partial charge in [0.2, 0.25) is 0 Å². The van der Waals surface area contributed by atoms with Crippen molar-refractivity contribution in [3.8, 4) is 0 Å². The van der Waals surface area contributed by atoms with Crippen LogP contribution < -0.4 is 10.2 Å². The molecule has 0 amide bonds. The van der Waals surface area contributed by atoms with Crippen molar-refractivity contribution in [2.24, 2.45) is 5.92 Å². The molecule has 114 valence electrons. The smallest absolute Gasteiger partial charge is 0.0606 e. The zero-order valence-electron chi connectivity index (χ0n) is 13.6. The molecule has 0 aliphatic rings. The maximum Gasteiger partial charge on any atom is 0.0606 e. The van der Waals surface area contributed by atoms with E-state index in [-0.39, 0.29) is 6.61 Å². The number of nitrogens with one attached hydrogen (secondary N) is 1. The number of aliphatic hydroxyl groups excluding tert-OH is 1. The molecule has 1 aromatic carbocycles.